The Morgan fingerprint density at radius 1 is 1.22 bits per heavy atom. The zero-order valence-corrected chi connectivity index (χ0v) is 11.5. The highest BCUT2D eigenvalue weighted by atomic mass is 16.1. The third kappa shape index (κ3) is 2.99. The predicted octanol–water partition coefficient (Wildman–Crippen LogP) is 3.54. The summed E-state index contributed by atoms with van der Waals surface area (Å²) in [6, 6.07) is 6.01. The van der Waals surface area contributed by atoms with Crippen LogP contribution in [0.5, 0.6) is 0 Å². The van der Waals surface area contributed by atoms with Gasteiger partial charge in [-0.15, -0.1) is 0 Å². The Bertz CT molecular complexity index is 444. The zero-order chi connectivity index (χ0) is 13.2. The number of ketones is 1. The first-order valence-corrected chi connectivity index (χ1v) is 6.90. The highest BCUT2D eigenvalue weighted by molar-refractivity contribution is 5.98. The molecule has 0 aliphatic heterocycles. The molecule has 1 aliphatic rings. The van der Waals surface area contributed by atoms with Crippen LogP contribution < -0.4 is 5.73 Å². The standard InChI is InChI=1S/C16H23NO/c1-12-6-7-14(13(2)10-12)15(18)11-16(17)8-4-3-5-9-16/h6-7,10H,3-5,8-9,11,17H2,1-2H3. The first kappa shape index (κ1) is 13.3. The number of rotatable bonds is 3. The van der Waals surface area contributed by atoms with Crippen molar-refractivity contribution in [1.29, 1.82) is 0 Å². The quantitative estimate of drug-likeness (QED) is 0.828. The maximum Gasteiger partial charge on any atom is 0.164 e. The van der Waals surface area contributed by atoms with Gasteiger partial charge < -0.3 is 5.73 Å². The zero-order valence-electron chi connectivity index (χ0n) is 11.5. The summed E-state index contributed by atoms with van der Waals surface area (Å²) < 4.78 is 0. The van der Waals surface area contributed by atoms with Gasteiger partial charge in [0.25, 0.3) is 0 Å². The van der Waals surface area contributed by atoms with E-state index in [2.05, 4.69) is 6.07 Å². The van der Waals surface area contributed by atoms with Crippen LogP contribution in [0.3, 0.4) is 0 Å². The van der Waals surface area contributed by atoms with Crippen LogP contribution in [0.4, 0.5) is 0 Å². The second-order valence-electron chi connectivity index (χ2n) is 5.84. The van der Waals surface area contributed by atoms with Crippen molar-refractivity contribution in [1.82, 2.24) is 0 Å². The minimum Gasteiger partial charge on any atom is -0.325 e. The van der Waals surface area contributed by atoms with Crippen LogP contribution in [-0.2, 0) is 0 Å². The number of hydrogen-bond donors (Lipinski definition) is 1. The second kappa shape index (κ2) is 5.23. The van der Waals surface area contributed by atoms with Gasteiger partial charge in [0.05, 0.1) is 0 Å². The minimum absolute atomic E-state index is 0.205. The Kier molecular flexibility index (Phi) is 3.86. The number of carbonyl (C=O) groups is 1. The minimum atomic E-state index is -0.257. The molecule has 0 heterocycles. The maximum atomic E-state index is 12.4. The lowest BCUT2D eigenvalue weighted by atomic mass is 9.78. The molecule has 2 rings (SSSR count). The molecular formula is C16H23NO. The molecule has 0 spiro atoms. The number of benzene rings is 1. The largest absolute Gasteiger partial charge is 0.325 e. The monoisotopic (exact) mass is 245 g/mol. The van der Waals surface area contributed by atoms with E-state index in [1.807, 2.05) is 26.0 Å². The van der Waals surface area contributed by atoms with E-state index in [0.717, 1.165) is 36.8 Å². The van der Waals surface area contributed by atoms with Gasteiger partial charge in [0.1, 0.15) is 0 Å². The van der Waals surface area contributed by atoms with Crippen molar-refractivity contribution in [2.75, 3.05) is 0 Å². The summed E-state index contributed by atoms with van der Waals surface area (Å²) in [6.45, 7) is 4.05. The van der Waals surface area contributed by atoms with E-state index in [4.69, 9.17) is 5.73 Å². The summed E-state index contributed by atoms with van der Waals surface area (Å²) in [7, 11) is 0. The summed E-state index contributed by atoms with van der Waals surface area (Å²) in [5.41, 5.74) is 9.21. The molecule has 2 nitrogen and oxygen atoms in total. The molecule has 0 bridgehead atoms. The average molecular weight is 245 g/mol. The van der Waals surface area contributed by atoms with Gasteiger partial charge in [-0.05, 0) is 32.3 Å². The van der Waals surface area contributed by atoms with Gasteiger partial charge in [-0.2, -0.15) is 0 Å². The van der Waals surface area contributed by atoms with Crippen molar-refractivity contribution >= 4 is 5.78 Å². The lowest BCUT2D eigenvalue weighted by molar-refractivity contribution is 0.0934. The van der Waals surface area contributed by atoms with Crippen molar-refractivity contribution in [2.24, 2.45) is 5.73 Å². The van der Waals surface area contributed by atoms with E-state index in [0.29, 0.717) is 6.42 Å². The second-order valence-corrected chi connectivity index (χ2v) is 5.84. The SMILES string of the molecule is Cc1ccc(C(=O)CC2(N)CCCCC2)c(C)c1. The highest BCUT2D eigenvalue weighted by Gasteiger charge is 2.30. The molecule has 1 aromatic rings. The molecule has 2 N–H and O–H groups in total. The fourth-order valence-corrected chi connectivity index (χ4v) is 2.97. The smallest absolute Gasteiger partial charge is 0.164 e. The third-order valence-corrected chi connectivity index (χ3v) is 4.04. The molecule has 0 unspecified atom stereocenters. The molecule has 0 radical (unpaired) electrons. The highest BCUT2D eigenvalue weighted by Crippen LogP contribution is 2.30. The fraction of sp³-hybridized carbons (Fsp3) is 0.562. The van der Waals surface area contributed by atoms with Crippen molar-refractivity contribution < 1.29 is 4.79 Å². The van der Waals surface area contributed by atoms with Crippen LogP contribution in [0.15, 0.2) is 18.2 Å². The molecule has 0 atom stereocenters. The number of hydrogen-bond acceptors (Lipinski definition) is 2. The molecule has 1 aliphatic carbocycles. The summed E-state index contributed by atoms with van der Waals surface area (Å²) in [5, 5.41) is 0. The van der Waals surface area contributed by atoms with E-state index < -0.39 is 0 Å². The molecule has 1 fully saturated rings. The predicted molar refractivity (Wildman–Crippen MR) is 74.9 cm³/mol. The summed E-state index contributed by atoms with van der Waals surface area (Å²) in [5.74, 6) is 0.205. The third-order valence-electron chi connectivity index (χ3n) is 4.04. The van der Waals surface area contributed by atoms with E-state index >= 15 is 0 Å². The molecule has 0 amide bonds. The molecular weight excluding hydrogens is 222 g/mol. The van der Waals surface area contributed by atoms with E-state index in [1.54, 1.807) is 0 Å². The molecule has 98 valence electrons. The Balaban J connectivity index is 2.11. The van der Waals surface area contributed by atoms with Crippen molar-refractivity contribution in [2.45, 2.75) is 57.9 Å². The van der Waals surface area contributed by atoms with E-state index in [-0.39, 0.29) is 11.3 Å². The van der Waals surface area contributed by atoms with Crippen LogP contribution in [0.2, 0.25) is 0 Å². The molecule has 18 heavy (non-hydrogen) atoms. The molecule has 1 saturated carbocycles. The molecule has 0 saturated heterocycles. The van der Waals surface area contributed by atoms with Crippen molar-refractivity contribution in [3.05, 3.63) is 34.9 Å². The molecule has 2 heteroatoms. The van der Waals surface area contributed by atoms with Crippen LogP contribution in [0.1, 0.15) is 60.0 Å². The fourth-order valence-electron chi connectivity index (χ4n) is 2.97. The summed E-state index contributed by atoms with van der Waals surface area (Å²) >= 11 is 0. The number of carbonyl (C=O) groups excluding carboxylic acids is 1. The number of nitrogens with two attached hydrogens (primary N) is 1. The first-order chi connectivity index (χ1) is 8.50. The Morgan fingerprint density at radius 2 is 1.89 bits per heavy atom. The van der Waals surface area contributed by atoms with Gasteiger partial charge in [0.15, 0.2) is 5.78 Å². The number of aryl methyl sites for hydroxylation is 2. The van der Waals surface area contributed by atoms with Crippen LogP contribution >= 0.6 is 0 Å². The van der Waals surface area contributed by atoms with E-state index in [1.165, 1.54) is 12.0 Å². The summed E-state index contributed by atoms with van der Waals surface area (Å²) in [6.07, 6.45) is 6.06. The molecule has 1 aromatic carbocycles. The van der Waals surface area contributed by atoms with E-state index in [9.17, 15) is 4.79 Å². The van der Waals surface area contributed by atoms with Gasteiger partial charge in [0.2, 0.25) is 0 Å². The van der Waals surface area contributed by atoms with Gasteiger partial charge in [0, 0.05) is 17.5 Å². The first-order valence-electron chi connectivity index (χ1n) is 6.90. The van der Waals surface area contributed by atoms with Gasteiger partial charge >= 0.3 is 0 Å². The average Bonchev–Trinajstić information content (AvgIpc) is 2.28. The lowest BCUT2D eigenvalue weighted by Gasteiger charge is -2.32. The number of Topliss-reactive ketones (excluding diaryl/α,β-unsaturated/α-hetero) is 1. The Morgan fingerprint density at radius 3 is 2.50 bits per heavy atom. The lowest BCUT2D eigenvalue weighted by Crippen LogP contribution is -2.43. The topological polar surface area (TPSA) is 43.1 Å². The van der Waals surface area contributed by atoms with Gasteiger partial charge in [-0.25, -0.2) is 0 Å². The molecule has 0 aromatic heterocycles. The maximum absolute atomic E-state index is 12.4. The Labute approximate surface area is 110 Å². The van der Waals surface area contributed by atoms with Crippen LogP contribution in [-0.4, -0.2) is 11.3 Å². The van der Waals surface area contributed by atoms with Crippen molar-refractivity contribution in [3.63, 3.8) is 0 Å². The van der Waals surface area contributed by atoms with Gasteiger partial charge in [-0.1, -0.05) is 43.0 Å². The normalized spacial score (nSPS) is 18.6. The van der Waals surface area contributed by atoms with Crippen molar-refractivity contribution in [3.8, 4) is 0 Å². The Hall–Kier alpha value is -1.15. The van der Waals surface area contributed by atoms with Gasteiger partial charge in [-0.3, -0.25) is 4.79 Å². The van der Waals surface area contributed by atoms with Crippen LogP contribution in [0.25, 0.3) is 0 Å². The van der Waals surface area contributed by atoms with Crippen LogP contribution in [0, 0.1) is 13.8 Å². The summed E-state index contributed by atoms with van der Waals surface area (Å²) in [4.78, 5) is 12.4.